The van der Waals surface area contributed by atoms with Crippen LogP contribution in [-0.4, -0.2) is 20.4 Å². The van der Waals surface area contributed by atoms with E-state index in [0.717, 1.165) is 0 Å². The molecule has 1 aromatic rings. The predicted molar refractivity (Wildman–Crippen MR) is 59.7 cm³/mol. The van der Waals surface area contributed by atoms with Crippen molar-refractivity contribution in [2.24, 2.45) is 0 Å². The van der Waals surface area contributed by atoms with Crippen LogP contribution in [0, 0.1) is 5.82 Å². The molecule has 14 heavy (non-hydrogen) atoms. The summed E-state index contributed by atoms with van der Waals surface area (Å²) in [6.07, 6.45) is 0. The summed E-state index contributed by atoms with van der Waals surface area (Å²) in [5, 5.41) is 0.220. The molecule has 1 rings (SSSR count). The van der Waals surface area contributed by atoms with Crippen LogP contribution in [0.5, 0.6) is 5.75 Å². The first-order valence-corrected chi connectivity index (χ1v) is 7.34. The average molecular weight is 281 g/mol. The van der Waals surface area contributed by atoms with Gasteiger partial charge in [-0.25, -0.2) is 4.39 Å². The van der Waals surface area contributed by atoms with Crippen LogP contribution in [0.1, 0.15) is 0 Å². The van der Waals surface area contributed by atoms with Gasteiger partial charge in [0.1, 0.15) is 18.7 Å². The molecule has 0 aliphatic rings. The monoisotopic (exact) mass is 280 g/mol. The molecule has 0 aliphatic carbocycles. The first kappa shape index (κ1) is 11.7. The van der Waals surface area contributed by atoms with E-state index in [2.05, 4.69) is 15.9 Å². The fourth-order valence-electron chi connectivity index (χ4n) is 1.09. The molecule has 0 aliphatic heterocycles. The lowest BCUT2D eigenvalue weighted by molar-refractivity contribution is 0.411. The van der Waals surface area contributed by atoms with Crippen molar-refractivity contribution in [2.45, 2.75) is 0 Å². The van der Waals surface area contributed by atoms with E-state index in [-0.39, 0.29) is 5.30 Å². The molecule has 0 saturated heterocycles. The number of rotatable bonds is 2. The maximum Gasteiger partial charge on any atom is 0.135 e. The van der Waals surface area contributed by atoms with Gasteiger partial charge in [-0.1, -0.05) is 0 Å². The van der Waals surface area contributed by atoms with E-state index in [0.29, 0.717) is 10.2 Å². The number of halogens is 2. The van der Waals surface area contributed by atoms with Crippen LogP contribution in [0.15, 0.2) is 16.6 Å². The minimum atomic E-state index is -2.59. The van der Waals surface area contributed by atoms with Gasteiger partial charge in [-0.05, 0) is 41.4 Å². The van der Waals surface area contributed by atoms with Gasteiger partial charge in [-0.15, -0.1) is 0 Å². The van der Waals surface area contributed by atoms with E-state index in [1.807, 2.05) is 0 Å². The predicted octanol–water partition coefficient (Wildman–Crippen LogP) is 2.84. The Balaban J connectivity index is 3.39. The SMILES string of the molecule is COc1cc(P(C)(C)=O)c(F)cc1Br. The quantitative estimate of drug-likeness (QED) is 0.779. The lowest BCUT2D eigenvalue weighted by Gasteiger charge is -2.11. The van der Waals surface area contributed by atoms with Gasteiger partial charge in [0.25, 0.3) is 0 Å². The fraction of sp³-hybridized carbons (Fsp3) is 0.333. The maximum atomic E-state index is 13.4. The average Bonchev–Trinajstić information content (AvgIpc) is 2.02. The Labute approximate surface area is 91.0 Å². The van der Waals surface area contributed by atoms with Crippen molar-refractivity contribution in [3.63, 3.8) is 0 Å². The van der Waals surface area contributed by atoms with Crippen LogP contribution in [-0.2, 0) is 4.57 Å². The first-order valence-electron chi connectivity index (χ1n) is 3.95. The first-order chi connectivity index (χ1) is 6.36. The lowest BCUT2D eigenvalue weighted by Crippen LogP contribution is -2.09. The van der Waals surface area contributed by atoms with Crippen LogP contribution < -0.4 is 10.0 Å². The molecule has 5 heteroatoms. The van der Waals surface area contributed by atoms with Gasteiger partial charge in [-0.2, -0.15) is 0 Å². The largest absolute Gasteiger partial charge is 0.496 e. The van der Waals surface area contributed by atoms with Crippen molar-refractivity contribution in [1.82, 2.24) is 0 Å². The van der Waals surface area contributed by atoms with Gasteiger partial charge in [0, 0.05) is 0 Å². The highest BCUT2D eigenvalue weighted by molar-refractivity contribution is 9.10. The smallest absolute Gasteiger partial charge is 0.135 e. The lowest BCUT2D eigenvalue weighted by atomic mass is 10.3. The van der Waals surface area contributed by atoms with Crippen molar-refractivity contribution >= 4 is 28.4 Å². The van der Waals surface area contributed by atoms with Gasteiger partial charge in [-0.3, -0.25) is 0 Å². The number of hydrogen-bond donors (Lipinski definition) is 0. The molecular formula is C9H11BrFO2P. The molecule has 2 nitrogen and oxygen atoms in total. The fourth-order valence-corrected chi connectivity index (χ4v) is 2.57. The van der Waals surface area contributed by atoms with Crippen molar-refractivity contribution < 1.29 is 13.7 Å². The van der Waals surface area contributed by atoms with Crippen LogP contribution in [0.4, 0.5) is 4.39 Å². The summed E-state index contributed by atoms with van der Waals surface area (Å²) in [5.74, 6) is 0.0244. The Hall–Kier alpha value is -0.340. The Morgan fingerprint density at radius 3 is 2.43 bits per heavy atom. The van der Waals surface area contributed by atoms with Crippen LogP contribution in [0.2, 0.25) is 0 Å². The minimum absolute atomic E-state index is 0.220. The van der Waals surface area contributed by atoms with Gasteiger partial charge in [0.15, 0.2) is 0 Å². The molecular weight excluding hydrogens is 270 g/mol. The molecule has 0 aromatic heterocycles. The minimum Gasteiger partial charge on any atom is -0.496 e. The Kier molecular flexibility index (Phi) is 3.38. The molecule has 0 bridgehead atoms. The number of benzene rings is 1. The number of hydrogen-bond acceptors (Lipinski definition) is 2. The summed E-state index contributed by atoms with van der Waals surface area (Å²) >= 11 is 3.15. The summed E-state index contributed by atoms with van der Waals surface area (Å²) in [7, 11) is -1.11. The summed E-state index contributed by atoms with van der Waals surface area (Å²) in [5.41, 5.74) is 0. The highest BCUT2D eigenvalue weighted by atomic mass is 79.9. The molecule has 0 unspecified atom stereocenters. The van der Waals surface area contributed by atoms with Crippen molar-refractivity contribution in [1.29, 1.82) is 0 Å². The molecule has 1 aromatic carbocycles. The topological polar surface area (TPSA) is 26.3 Å². The van der Waals surface area contributed by atoms with Crippen LogP contribution in [0.25, 0.3) is 0 Å². The Morgan fingerprint density at radius 2 is 2.00 bits per heavy atom. The van der Waals surface area contributed by atoms with Crippen molar-refractivity contribution in [2.75, 3.05) is 20.4 Å². The summed E-state index contributed by atoms with van der Waals surface area (Å²) in [6, 6.07) is 2.74. The van der Waals surface area contributed by atoms with Gasteiger partial charge >= 0.3 is 0 Å². The van der Waals surface area contributed by atoms with E-state index in [9.17, 15) is 8.96 Å². The van der Waals surface area contributed by atoms with Crippen molar-refractivity contribution in [3.8, 4) is 5.75 Å². The van der Waals surface area contributed by atoms with Crippen LogP contribution in [0.3, 0.4) is 0 Å². The second-order valence-electron chi connectivity index (χ2n) is 3.29. The standard InChI is InChI=1S/C9H11BrFO2P/c1-13-8-5-9(14(2,3)12)7(11)4-6(8)10/h4-5H,1-3H3. The molecule has 0 fully saturated rings. The molecule has 0 radical (unpaired) electrons. The summed E-state index contributed by atoms with van der Waals surface area (Å²) in [4.78, 5) is 0. The van der Waals surface area contributed by atoms with Gasteiger partial charge in [0.2, 0.25) is 0 Å². The third-order valence-corrected chi connectivity index (χ3v) is 3.92. The van der Waals surface area contributed by atoms with E-state index >= 15 is 0 Å². The molecule has 78 valence electrons. The summed E-state index contributed by atoms with van der Waals surface area (Å²) < 4.78 is 30.6. The number of ether oxygens (including phenoxy) is 1. The van der Waals surface area contributed by atoms with Gasteiger partial charge in [0.05, 0.1) is 16.9 Å². The maximum absolute atomic E-state index is 13.4. The van der Waals surface area contributed by atoms with Gasteiger partial charge < -0.3 is 9.30 Å². The van der Waals surface area contributed by atoms with E-state index in [1.165, 1.54) is 32.6 Å². The highest BCUT2D eigenvalue weighted by Crippen LogP contribution is 2.38. The molecule has 0 spiro atoms. The van der Waals surface area contributed by atoms with E-state index in [1.54, 1.807) is 0 Å². The zero-order chi connectivity index (χ0) is 10.9. The second-order valence-corrected chi connectivity index (χ2v) is 7.33. The zero-order valence-electron chi connectivity index (χ0n) is 8.17. The Bertz CT molecular complexity index is 400. The highest BCUT2D eigenvalue weighted by Gasteiger charge is 2.19. The molecule has 0 heterocycles. The van der Waals surface area contributed by atoms with Crippen molar-refractivity contribution in [3.05, 3.63) is 22.4 Å². The third-order valence-electron chi connectivity index (χ3n) is 1.80. The zero-order valence-corrected chi connectivity index (χ0v) is 10.7. The molecule has 0 amide bonds. The van der Waals surface area contributed by atoms with E-state index in [4.69, 9.17) is 4.74 Å². The molecule has 0 N–H and O–H groups in total. The third kappa shape index (κ3) is 2.37. The number of methoxy groups -OCH3 is 1. The molecule has 0 saturated carbocycles. The summed E-state index contributed by atoms with van der Waals surface area (Å²) in [6.45, 7) is 3.05. The molecule has 0 atom stereocenters. The van der Waals surface area contributed by atoms with Crippen LogP contribution >= 0.6 is 23.1 Å². The van der Waals surface area contributed by atoms with E-state index < -0.39 is 13.0 Å². The second kappa shape index (κ2) is 4.03. The normalized spacial score (nSPS) is 11.5. The Morgan fingerprint density at radius 1 is 1.43 bits per heavy atom.